The summed E-state index contributed by atoms with van der Waals surface area (Å²) in [6, 6.07) is 8.63. The van der Waals surface area contributed by atoms with E-state index < -0.39 is 0 Å². The second-order valence-corrected chi connectivity index (χ2v) is 5.10. The highest BCUT2D eigenvalue weighted by molar-refractivity contribution is 5.39. The van der Waals surface area contributed by atoms with Crippen molar-refractivity contribution in [2.45, 2.75) is 26.3 Å². The zero-order valence-electron chi connectivity index (χ0n) is 12.7. The third kappa shape index (κ3) is 3.39. The van der Waals surface area contributed by atoms with Crippen molar-refractivity contribution in [1.29, 1.82) is 0 Å². The molecule has 4 heteroatoms. The summed E-state index contributed by atoms with van der Waals surface area (Å²) in [5.74, 6) is 0.958. The van der Waals surface area contributed by atoms with Crippen LogP contribution in [0.4, 0.5) is 0 Å². The van der Waals surface area contributed by atoms with E-state index >= 15 is 0 Å². The molecule has 0 aliphatic heterocycles. The lowest BCUT2D eigenvalue weighted by Gasteiger charge is -2.17. The van der Waals surface area contributed by atoms with Crippen LogP contribution in [0.2, 0.25) is 0 Å². The summed E-state index contributed by atoms with van der Waals surface area (Å²) in [7, 11) is 3.92. The lowest BCUT2D eigenvalue weighted by atomic mass is 10.0. The molecule has 0 spiro atoms. The van der Waals surface area contributed by atoms with Gasteiger partial charge in [0.25, 0.3) is 0 Å². The van der Waals surface area contributed by atoms with Crippen LogP contribution in [0.25, 0.3) is 0 Å². The Bertz CT molecular complexity index is 563. The largest absolute Gasteiger partial charge is 0.493 e. The Morgan fingerprint density at radius 2 is 2.15 bits per heavy atom. The molecular weight excluding hydrogens is 250 g/mol. The van der Waals surface area contributed by atoms with E-state index in [1.165, 1.54) is 16.8 Å². The molecule has 0 aliphatic rings. The molecule has 20 heavy (non-hydrogen) atoms. The fourth-order valence-electron chi connectivity index (χ4n) is 2.21. The molecule has 1 N–H and O–H groups in total. The van der Waals surface area contributed by atoms with Gasteiger partial charge in [-0.05, 0) is 33.0 Å². The topological polar surface area (TPSA) is 39.1 Å². The van der Waals surface area contributed by atoms with Crippen molar-refractivity contribution in [3.63, 3.8) is 0 Å². The number of aryl methyl sites for hydroxylation is 2. The van der Waals surface area contributed by atoms with Gasteiger partial charge in [-0.2, -0.15) is 5.10 Å². The zero-order valence-corrected chi connectivity index (χ0v) is 12.7. The Kier molecular flexibility index (Phi) is 4.79. The lowest BCUT2D eigenvalue weighted by Crippen LogP contribution is -2.15. The number of benzene rings is 1. The van der Waals surface area contributed by atoms with Gasteiger partial charge in [-0.25, -0.2) is 0 Å². The van der Waals surface area contributed by atoms with Gasteiger partial charge in [0.2, 0.25) is 0 Å². The minimum atomic E-state index is 0.279. The van der Waals surface area contributed by atoms with Crippen LogP contribution < -0.4 is 10.1 Å². The molecule has 1 atom stereocenters. The van der Waals surface area contributed by atoms with E-state index in [-0.39, 0.29) is 6.04 Å². The molecule has 1 heterocycles. The Morgan fingerprint density at radius 3 is 2.80 bits per heavy atom. The van der Waals surface area contributed by atoms with E-state index in [2.05, 4.69) is 42.5 Å². The minimum absolute atomic E-state index is 0.279. The maximum Gasteiger partial charge on any atom is 0.124 e. The van der Waals surface area contributed by atoms with Crippen LogP contribution in [-0.4, -0.2) is 23.4 Å². The van der Waals surface area contributed by atoms with Crippen molar-refractivity contribution in [3.8, 4) is 5.75 Å². The molecule has 1 aromatic heterocycles. The van der Waals surface area contributed by atoms with E-state index in [4.69, 9.17) is 4.74 Å². The van der Waals surface area contributed by atoms with Crippen LogP contribution in [-0.2, 0) is 13.5 Å². The molecule has 1 aromatic carbocycles. The zero-order chi connectivity index (χ0) is 14.5. The molecule has 0 aliphatic carbocycles. The first kappa shape index (κ1) is 14.6. The molecule has 108 valence electrons. The molecule has 0 bridgehead atoms. The quantitative estimate of drug-likeness (QED) is 0.879. The third-order valence-corrected chi connectivity index (χ3v) is 3.60. The van der Waals surface area contributed by atoms with Crippen LogP contribution in [0.15, 0.2) is 30.5 Å². The average molecular weight is 273 g/mol. The maximum absolute atomic E-state index is 5.96. The van der Waals surface area contributed by atoms with Gasteiger partial charge in [0, 0.05) is 37.0 Å². The molecule has 0 saturated heterocycles. The Morgan fingerprint density at radius 1 is 1.35 bits per heavy atom. The highest BCUT2D eigenvalue weighted by Crippen LogP contribution is 2.26. The van der Waals surface area contributed by atoms with Crippen molar-refractivity contribution in [3.05, 3.63) is 47.3 Å². The normalized spacial score (nSPS) is 12.4. The van der Waals surface area contributed by atoms with Gasteiger partial charge in [0.1, 0.15) is 5.75 Å². The van der Waals surface area contributed by atoms with Crippen molar-refractivity contribution in [2.75, 3.05) is 13.7 Å². The second-order valence-electron chi connectivity index (χ2n) is 5.10. The highest BCUT2D eigenvalue weighted by Gasteiger charge is 2.10. The summed E-state index contributed by atoms with van der Waals surface area (Å²) in [5.41, 5.74) is 3.64. The molecule has 4 nitrogen and oxygen atoms in total. The minimum Gasteiger partial charge on any atom is -0.493 e. The fraction of sp³-hybridized carbons (Fsp3) is 0.438. The van der Waals surface area contributed by atoms with Gasteiger partial charge in [-0.15, -0.1) is 0 Å². The van der Waals surface area contributed by atoms with Gasteiger partial charge in [-0.1, -0.05) is 17.7 Å². The highest BCUT2D eigenvalue weighted by atomic mass is 16.5. The maximum atomic E-state index is 5.96. The van der Waals surface area contributed by atoms with Crippen LogP contribution in [0.5, 0.6) is 5.75 Å². The van der Waals surface area contributed by atoms with E-state index in [1.807, 2.05) is 31.0 Å². The number of nitrogens with zero attached hydrogens (tertiary/aromatic N) is 2. The number of aromatic nitrogens is 2. The number of hydrogen-bond acceptors (Lipinski definition) is 3. The molecule has 0 saturated carbocycles. The van der Waals surface area contributed by atoms with Crippen LogP contribution in [0.3, 0.4) is 0 Å². The Balaban J connectivity index is 2.04. The number of ether oxygens (including phenoxy) is 1. The second kappa shape index (κ2) is 6.57. The number of nitrogens with one attached hydrogen (secondary N) is 1. The van der Waals surface area contributed by atoms with Crippen LogP contribution in [0, 0.1) is 6.92 Å². The molecule has 1 unspecified atom stereocenters. The lowest BCUT2D eigenvalue weighted by molar-refractivity contribution is 0.312. The van der Waals surface area contributed by atoms with Gasteiger partial charge < -0.3 is 10.1 Å². The molecular formula is C16H23N3O. The fourth-order valence-corrected chi connectivity index (χ4v) is 2.21. The van der Waals surface area contributed by atoms with Crippen molar-refractivity contribution < 1.29 is 4.74 Å². The van der Waals surface area contributed by atoms with Gasteiger partial charge in [0.05, 0.1) is 6.61 Å². The first-order valence-electron chi connectivity index (χ1n) is 6.99. The predicted octanol–water partition coefficient (Wildman–Crippen LogP) is 2.63. The standard InChI is InChI=1S/C16H23N3O/c1-12-5-6-16(15(11-12)13(2)17-3)20-10-8-14-7-9-18-19(14)4/h5-7,9,11,13,17H,8,10H2,1-4H3. The van der Waals surface area contributed by atoms with E-state index in [0.717, 1.165) is 12.2 Å². The van der Waals surface area contributed by atoms with Gasteiger partial charge >= 0.3 is 0 Å². The molecule has 0 fully saturated rings. The summed E-state index contributed by atoms with van der Waals surface area (Å²) in [4.78, 5) is 0. The summed E-state index contributed by atoms with van der Waals surface area (Å²) in [6.45, 7) is 4.90. The van der Waals surface area contributed by atoms with Crippen LogP contribution in [0.1, 0.15) is 29.8 Å². The van der Waals surface area contributed by atoms with Crippen LogP contribution >= 0.6 is 0 Å². The first-order chi connectivity index (χ1) is 9.61. The summed E-state index contributed by atoms with van der Waals surface area (Å²) in [5, 5.41) is 7.43. The molecule has 0 amide bonds. The predicted molar refractivity (Wildman–Crippen MR) is 81.1 cm³/mol. The van der Waals surface area contributed by atoms with Crippen molar-refractivity contribution >= 4 is 0 Å². The number of rotatable bonds is 6. The average Bonchev–Trinajstić information content (AvgIpc) is 2.85. The summed E-state index contributed by atoms with van der Waals surface area (Å²) >= 11 is 0. The van der Waals surface area contributed by atoms with Crippen molar-refractivity contribution in [1.82, 2.24) is 15.1 Å². The Labute approximate surface area is 120 Å². The van der Waals surface area contributed by atoms with E-state index in [1.54, 1.807) is 0 Å². The Hall–Kier alpha value is -1.81. The molecule has 0 radical (unpaired) electrons. The summed E-state index contributed by atoms with van der Waals surface area (Å²) in [6.07, 6.45) is 2.67. The third-order valence-electron chi connectivity index (χ3n) is 3.60. The molecule has 2 aromatic rings. The van der Waals surface area contributed by atoms with E-state index in [0.29, 0.717) is 6.61 Å². The first-order valence-corrected chi connectivity index (χ1v) is 6.99. The van der Waals surface area contributed by atoms with E-state index in [9.17, 15) is 0 Å². The smallest absolute Gasteiger partial charge is 0.124 e. The van der Waals surface area contributed by atoms with Gasteiger partial charge in [-0.3, -0.25) is 4.68 Å². The number of hydrogen-bond donors (Lipinski definition) is 1. The monoisotopic (exact) mass is 273 g/mol. The summed E-state index contributed by atoms with van der Waals surface area (Å²) < 4.78 is 7.85. The van der Waals surface area contributed by atoms with Gasteiger partial charge in [0.15, 0.2) is 0 Å². The SMILES string of the molecule is CNC(C)c1cc(C)ccc1OCCc1ccnn1C. The van der Waals surface area contributed by atoms with Crippen molar-refractivity contribution in [2.24, 2.45) is 7.05 Å². The molecule has 2 rings (SSSR count).